The standard InChI is InChI=1S/C10H20N2O/c1-4-11-6-5-10(2)7-9(13)12(3)8-10/h11H,4-8H2,1-3H3. The monoisotopic (exact) mass is 184 g/mol. The maximum absolute atomic E-state index is 11.3. The van der Waals surface area contributed by atoms with Gasteiger partial charge in [-0.1, -0.05) is 13.8 Å². The van der Waals surface area contributed by atoms with Crippen LogP contribution in [0.25, 0.3) is 0 Å². The van der Waals surface area contributed by atoms with Gasteiger partial charge < -0.3 is 10.2 Å². The highest BCUT2D eigenvalue weighted by molar-refractivity contribution is 5.79. The third kappa shape index (κ3) is 2.69. The molecule has 1 aliphatic heterocycles. The summed E-state index contributed by atoms with van der Waals surface area (Å²) in [6.07, 6.45) is 1.81. The van der Waals surface area contributed by atoms with Gasteiger partial charge in [0, 0.05) is 20.0 Å². The van der Waals surface area contributed by atoms with E-state index in [1.165, 1.54) is 0 Å². The summed E-state index contributed by atoms with van der Waals surface area (Å²) in [6, 6.07) is 0. The first kappa shape index (κ1) is 10.5. The van der Waals surface area contributed by atoms with Crippen molar-refractivity contribution in [2.24, 2.45) is 5.41 Å². The van der Waals surface area contributed by atoms with Crippen LogP contribution in [-0.2, 0) is 4.79 Å². The number of amides is 1. The maximum atomic E-state index is 11.3. The fraction of sp³-hybridized carbons (Fsp3) is 0.900. The van der Waals surface area contributed by atoms with E-state index >= 15 is 0 Å². The molecule has 0 aromatic carbocycles. The maximum Gasteiger partial charge on any atom is 0.222 e. The van der Waals surface area contributed by atoms with Gasteiger partial charge in [0.2, 0.25) is 5.91 Å². The summed E-state index contributed by atoms with van der Waals surface area (Å²) >= 11 is 0. The second kappa shape index (κ2) is 4.09. The summed E-state index contributed by atoms with van der Waals surface area (Å²) in [5.74, 6) is 0.291. The molecule has 1 saturated heterocycles. The first-order chi connectivity index (χ1) is 6.07. The molecule has 1 heterocycles. The lowest BCUT2D eigenvalue weighted by atomic mass is 9.86. The van der Waals surface area contributed by atoms with Gasteiger partial charge >= 0.3 is 0 Å². The number of nitrogens with one attached hydrogen (secondary N) is 1. The molecule has 0 radical (unpaired) electrons. The normalized spacial score (nSPS) is 28.5. The van der Waals surface area contributed by atoms with E-state index in [4.69, 9.17) is 0 Å². The molecule has 3 nitrogen and oxygen atoms in total. The molecule has 1 rings (SSSR count). The first-order valence-electron chi connectivity index (χ1n) is 5.02. The van der Waals surface area contributed by atoms with Crippen molar-refractivity contribution in [1.82, 2.24) is 10.2 Å². The summed E-state index contributed by atoms with van der Waals surface area (Å²) in [7, 11) is 1.89. The Balaban J connectivity index is 2.36. The van der Waals surface area contributed by atoms with Gasteiger partial charge in [-0.2, -0.15) is 0 Å². The Morgan fingerprint density at radius 3 is 2.77 bits per heavy atom. The first-order valence-corrected chi connectivity index (χ1v) is 5.02. The second-order valence-electron chi connectivity index (χ2n) is 4.34. The lowest BCUT2D eigenvalue weighted by Gasteiger charge is -2.22. The summed E-state index contributed by atoms with van der Waals surface area (Å²) in [5.41, 5.74) is 0.202. The molecule has 76 valence electrons. The van der Waals surface area contributed by atoms with Gasteiger partial charge in [-0.05, 0) is 24.9 Å². The fourth-order valence-electron chi connectivity index (χ4n) is 1.95. The number of hydrogen-bond donors (Lipinski definition) is 1. The SMILES string of the molecule is CCNCCC1(C)CC(=O)N(C)C1. The van der Waals surface area contributed by atoms with Crippen molar-refractivity contribution < 1.29 is 4.79 Å². The Bertz CT molecular complexity index is 193. The average molecular weight is 184 g/mol. The Labute approximate surface area is 80.5 Å². The number of carbonyl (C=O) groups excluding carboxylic acids is 1. The van der Waals surface area contributed by atoms with Gasteiger partial charge in [0.1, 0.15) is 0 Å². The average Bonchev–Trinajstić information content (AvgIpc) is 2.27. The van der Waals surface area contributed by atoms with E-state index < -0.39 is 0 Å². The zero-order valence-corrected chi connectivity index (χ0v) is 8.89. The van der Waals surface area contributed by atoms with Crippen LogP contribution in [0, 0.1) is 5.41 Å². The van der Waals surface area contributed by atoms with Gasteiger partial charge in [0.25, 0.3) is 0 Å². The lowest BCUT2D eigenvalue weighted by Crippen LogP contribution is -2.27. The van der Waals surface area contributed by atoms with Crippen molar-refractivity contribution in [1.29, 1.82) is 0 Å². The van der Waals surface area contributed by atoms with E-state index in [-0.39, 0.29) is 5.41 Å². The number of rotatable bonds is 4. The minimum atomic E-state index is 0.202. The van der Waals surface area contributed by atoms with E-state index in [1.807, 2.05) is 11.9 Å². The van der Waals surface area contributed by atoms with Crippen molar-refractivity contribution in [3.05, 3.63) is 0 Å². The van der Waals surface area contributed by atoms with Crippen molar-refractivity contribution in [3.8, 4) is 0 Å². The summed E-state index contributed by atoms with van der Waals surface area (Å²) in [4.78, 5) is 13.2. The quantitative estimate of drug-likeness (QED) is 0.657. The van der Waals surface area contributed by atoms with Crippen LogP contribution in [-0.4, -0.2) is 37.5 Å². The molecular weight excluding hydrogens is 164 g/mol. The van der Waals surface area contributed by atoms with Crippen LogP contribution in [0.4, 0.5) is 0 Å². The van der Waals surface area contributed by atoms with E-state index in [2.05, 4.69) is 19.2 Å². The van der Waals surface area contributed by atoms with Crippen molar-refractivity contribution in [2.75, 3.05) is 26.7 Å². The molecule has 0 bridgehead atoms. The molecular formula is C10H20N2O. The minimum Gasteiger partial charge on any atom is -0.345 e. The topological polar surface area (TPSA) is 32.3 Å². The van der Waals surface area contributed by atoms with Crippen molar-refractivity contribution in [3.63, 3.8) is 0 Å². The molecule has 1 aliphatic rings. The number of carbonyl (C=O) groups is 1. The van der Waals surface area contributed by atoms with Crippen LogP contribution >= 0.6 is 0 Å². The predicted molar refractivity (Wildman–Crippen MR) is 53.5 cm³/mol. The van der Waals surface area contributed by atoms with Gasteiger partial charge in [-0.3, -0.25) is 4.79 Å². The number of nitrogens with zero attached hydrogens (tertiary/aromatic N) is 1. The summed E-state index contributed by atoms with van der Waals surface area (Å²) in [5, 5.41) is 3.30. The molecule has 1 unspecified atom stereocenters. The Kier molecular flexibility index (Phi) is 3.31. The van der Waals surface area contributed by atoms with Crippen LogP contribution in [0.15, 0.2) is 0 Å². The molecule has 1 amide bonds. The molecule has 0 aromatic heterocycles. The zero-order valence-electron chi connectivity index (χ0n) is 8.89. The van der Waals surface area contributed by atoms with Gasteiger partial charge in [0.15, 0.2) is 0 Å². The summed E-state index contributed by atoms with van der Waals surface area (Å²) < 4.78 is 0. The Hall–Kier alpha value is -0.570. The molecule has 0 spiro atoms. The van der Waals surface area contributed by atoms with Crippen LogP contribution in [0.1, 0.15) is 26.7 Å². The van der Waals surface area contributed by atoms with Crippen molar-refractivity contribution >= 4 is 5.91 Å². The van der Waals surface area contributed by atoms with Gasteiger partial charge in [-0.15, -0.1) is 0 Å². The fourth-order valence-corrected chi connectivity index (χ4v) is 1.95. The van der Waals surface area contributed by atoms with E-state index in [0.29, 0.717) is 5.91 Å². The number of hydrogen-bond acceptors (Lipinski definition) is 2. The van der Waals surface area contributed by atoms with Crippen LogP contribution in [0.5, 0.6) is 0 Å². The molecule has 1 atom stereocenters. The molecule has 1 N–H and O–H groups in total. The molecule has 0 aromatic rings. The minimum absolute atomic E-state index is 0.202. The van der Waals surface area contributed by atoms with E-state index in [9.17, 15) is 4.79 Å². The molecule has 0 aliphatic carbocycles. The largest absolute Gasteiger partial charge is 0.345 e. The highest BCUT2D eigenvalue weighted by Crippen LogP contribution is 2.32. The Morgan fingerprint density at radius 2 is 2.31 bits per heavy atom. The van der Waals surface area contributed by atoms with Crippen LogP contribution in [0.3, 0.4) is 0 Å². The molecule has 13 heavy (non-hydrogen) atoms. The third-order valence-corrected chi connectivity index (χ3v) is 2.78. The van der Waals surface area contributed by atoms with Crippen LogP contribution in [0.2, 0.25) is 0 Å². The Morgan fingerprint density at radius 1 is 1.62 bits per heavy atom. The lowest BCUT2D eigenvalue weighted by molar-refractivity contribution is -0.126. The van der Waals surface area contributed by atoms with Crippen molar-refractivity contribution in [2.45, 2.75) is 26.7 Å². The van der Waals surface area contributed by atoms with E-state index in [0.717, 1.165) is 32.5 Å². The smallest absolute Gasteiger partial charge is 0.222 e. The highest BCUT2D eigenvalue weighted by atomic mass is 16.2. The van der Waals surface area contributed by atoms with E-state index in [1.54, 1.807) is 0 Å². The van der Waals surface area contributed by atoms with Gasteiger partial charge in [0.05, 0.1) is 0 Å². The third-order valence-electron chi connectivity index (χ3n) is 2.78. The zero-order chi connectivity index (χ0) is 9.90. The van der Waals surface area contributed by atoms with Crippen LogP contribution < -0.4 is 5.32 Å². The molecule has 1 fully saturated rings. The predicted octanol–water partition coefficient (Wildman–Crippen LogP) is 0.854. The van der Waals surface area contributed by atoms with Gasteiger partial charge in [-0.25, -0.2) is 0 Å². The summed E-state index contributed by atoms with van der Waals surface area (Å²) in [6.45, 7) is 7.26. The number of likely N-dealkylation sites (tertiary alicyclic amines) is 1. The molecule has 0 saturated carbocycles. The highest BCUT2D eigenvalue weighted by Gasteiger charge is 2.36. The second-order valence-corrected chi connectivity index (χ2v) is 4.34. The molecule has 3 heteroatoms.